The fourth-order valence-electron chi connectivity index (χ4n) is 13.6. The molecule has 0 bridgehead atoms. The number of aliphatic hydroxyl groups is 1. The number of carbonyl (C=O) groups excluding carboxylic acids is 2. The molecule has 0 aromatic rings. The van der Waals surface area contributed by atoms with Gasteiger partial charge in [-0.05, 0) is 123 Å². The number of hydrogen-bond donors (Lipinski definition) is 1. The highest BCUT2D eigenvalue weighted by atomic mass is 16.7. The summed E-state index contributed by atoms with van der Waals surface area (Å²) in [6.07, 6.45) is 11.8. The van der Waals surface area contributed by atoms with Gasteiger partial charge < -0.3 is 28.8 Å². The summed E-state index contributed by atoms with van der Waals surface area (Å²) in [5.74, 6) is 2.14. The molecule has 5 aliphatic carbocycles. The Labute approximate surface area is 281 Å². The zero-order valence-corrected chi connectivity index (χ0v) is 29.6. The second-order valence-electron chi connectivity index (χ2n) is 18.4. The summed E-state index contributed by atoms with van der Waals surface area (Å²) in [7, 11) is 0. The van der Waals surface area contributed by atoms with E-state index >= 15 is 0 Å². The van der Waals surface area contributed by atoms with Crippen LogP contribution in [-0.2, 0) is 33.3 Å². The van der Waals surface area contributed by atoms with E-state index in [1.807, 2.05) is 0 Å². The molecular weight excluding hydrogens is 598 g/mol. The zero-order chi connectivity index (χ0) is 33.1. The van der Waals surface area contributed by atoms with E-state index in [4.69, 9.17) is 23.7 Å². The Morgan fingerprint density at radius 2 is 1.77 bits per heavy atom. The van der Waals surface area contributed by atoms with Crippen molar-refractivity contribution in [2.75, 3.05) is 26.3 Å². The lowest BCUT2D eigenvalue weighted by molar-refractivity contribution is -0.247. The number of nitrogens with zero attached hydrogens (tertiary/aromatic N) is 1. The van der Waals surface area contributed by atoms with Gasteiger partial charge in [-0.3, -0.25) is 14.5 Å². The molecule has 8 fully saturated rings. The molecule has 3 heterocycles. The van der Waals surface area contributed by atoms with E-state index in [2.05, 4.69) is 25.7 Å². The third-order valence-corrected chi connectivity index (χ3v) is 15.6. The maximum absolute atomic E-state index is 12.3. The normalized spacial score (nSPS) is 49.4. The molecule has 0 amide bonds. The number of morpholine rings is 1. The molecule has 9 unspecified atom stereocenters. The Balaban J connectivity index is 0.959. The van der Waals surface area contributed by atoms with Gasteiger partial charge in [-0.25, -0.2) is 0 Å². The Kier molecular flexibility index (Phi) is 7.79. The average Bonchev–Trinajstić information content (AvgIpc) is 3.30. The minimum atomic E-state index is -1.15. The first kappa shape index (κ1) is 32.9. The van der Waals surface area contributed by atoms with E-state index in [1.54, 1.807) is 13.8 Å². The van der Waals surface area contributed by atoms with Crippen LogP contribution in [0.15, 0.2) is 0 Å². The number of hydrogen-bond acceptors (Lipinski definition) is 9. The molecule has 9 heteroatoms. The van der Waals surface area contributed by atoms with Gasteiger partial charge in [0.25, 0.3) is 0 Å². The van der Waals surface area contributed by atoms with Crippen molar-refractivity contribution in [1.29, 1.82) is 0 Å². The lowest BCUT2D eigenvalue weighted by Crippen LogP contribution is -2.57. The Bertz CT molecular complexity index is 1260. The fraction of sp³-hybridized carbons (Fsp3) is 0.947. The smallest absolute Gasteiger partial charge is 0.323 e. The highest BCUT2D eigenvalue weighted by Crippen LogP contribution is 2.87. The van der Waals surface area contributed by atoms with Crippen molar-refractivity contribution in [2.45, 2.75) is 155 Å². The zero-order valence-electron chi connectivity index (χ0n) is 29.6. The minimum Gasteiger partial charge on any atom is -0.464 e. The van der Waals surface area contributed by atoms with E-state index in [-0.39, 0.29) is 48.0 Å². The van der Waals surface area contributed by atoms with Crippen LogP contribution in [0.1, 0.15) is 112 Å². The van der Waals surface area contributed by atoms with Crippen molar-refractivity contribution in [3.63, 3.8) is 0 Å². The van der Waals surface area contributed by atoms with Crippen LogP contribution in [0, 0.1) is 45.3 Å². The molecule has 8 aliphatic rings. The number of ether oxygens (including phenoxy) is 5. The molecule has 8 rings (SSSR count). The first-order valence-corrected chi connectivity index (χ1v) is 18.9. The molecule has 1 N–H and O–H groups in total. The van der Waals surface area contributed by atoms with Gasteiger partial charge in [0.15, 0.2) is 12.4 Å². The minimum absolute atomic E-state index is 0.0637. The van der Waals surface area contributed by atoms with Crippen LogP contribution in [0.2, 0.25) is 0 Å². The van der Waals surface area contributed by atoms with Crippen LogP contribution in [-0.4, -0.2) is 90.6 Å². The van der Waals surface area contributed by atoms with Crippen LogP contribution in [0.3, 0.4) is 0 Å². The van der Waals surface area contributed by atoms with Crippen molar-refractivity contribution in [1.82, 2.24) is 4.90 Å². The first-order chi connectivity index (χ1) is 22.2. The van der Waals surface area contributed by atoms with Gasteiger partial charge in [0.2, 0.25) is 0 Å². The lowest BCUT2D eigenvalue weighted by atomic mass is 9.46. The summed E-state index contributed by atoms with van der Waals surface area (Å²) >= 11 is 0. The third kappa shape index (κ3) is 4.93. The molecule has 264 valence electrons. The SMILES string of the molecule is CC(=O)O[C@@H](C1CCC2C(CC3C4CCC5C(C)(C)[C@@H](OC6CN([C@H]7CCOC7=O)CCO6)CCC56C[C@@]46CCC23C)O1)C(C)(C)O. The molecule has 0 aromatic carbocycles. The molecule has 2 spiro atoms. The monoisotopic (exact) mass is 657 g/mol. The standard InChI is InChI=1S/C38H59NO8/c1-22(40)45-32(35(4,5)42)27-9-7-24-28(46-27)19-25-23-8-10-29-34(2,3)30(11-13-38(29)21-37(23,38)15-14-36(24,25)6)47-31-20-39(16-18-43-31)26-12-17-44-33(26)41/h23-32,42H,7-21H2,1-6H3/t23?,24?,25?,26-,27?,28?,29?,30-,31?,32-,36?,37-,38?/m0/s1. The number of rotatable bonds is 6. The third-order valence-electron chi connectivity index (χ3n) is 15.6. The fourth-order valence-corrected chi connectivity index (χ4v) is 13.6. The van der Waals surface area contributed by atoms with Crippen LogP contribution < -0.4 is 0 Å². The Morgan fingerprint density at radius 3 is 2.49 bits per heavy atom. The molecule has 5 saturated carbocycles. The van der Waals surface area contributed by atoms with Gasteiger partial charge in [0.05, 0.1) is 43.7 Å². The van der Waals surface area contributed by atoms with E-state index in [0.29, 0.717) is 53.8 Å². The molecular formula is C38H59NO8. The summed E-state index contributed by atoms with van der Waals surface area (Å²) in [5.41, 5.74) is 0.0760. The van der Waals surface area contributed by atoms with E-state index in [1.165, 1.54) is 45.4 Å². The van der Waals surface area contributed by atoms with Gasteiger partial charge in [-0.15, -0.1) is 0 Å². The average molecular weight is 658 g/mol. The summed E-state index contributed by atoms with van der Waals surface area (Å²) in [6.45, 7) is 14.9. The first-order valence-electron chi connectivity index (χ1n) is 18.9. The topological polar surface area (TPSA) is 104 Å². The summed E-state index contributed by atoms with van der Waals surface area (Å²) in [4.78, 5) is 26.5. The molecule has 47 heavy (non-hydrogen) atoms. The van der Waals surface area contributed by atoms with E-state index < -0.39 is 11.7 Å². The molecule has 3 saturated heterocycles. The molecule has 0 aromatic heterocycles. The van der Waals surface area contributed by atoms with Gasteiger partial charge in [-0.2, -0.15) is 0 Å². The largest absolute Gasteiger partial charge is 0.464 e. The van der Waals surface area contributed by atoms with Crippen molar-refractivity contribution >= 4 is 11.9 Å². The van der Waals surface area contributed by atoms with Crippen LogP contribution in [0.5, 0.6) is 0 Å². The predicted octanol–water partition coefficient (Wildman–Crippen LogP) is 5.25. The van der Waals surface area contributed by atoms with Crippen molar-refractivity contribution in [3.8, 4) is 0 Å². The molecule has 13 atom stereocenters. The second-order valence-corrected chi connectivity index (χ2v) is 18.4. The van der Waals surface area contributed by atoms with Crippen LogP contribution in [0.25, 0.3) is 0 Å². The number of fused-ring (bicyclic) bond motifs is 4. The van der Waals surface area contributed by atoms with Gasteiger partial charge in [-0.1, -0.05) is 20.8 Å². The molecule has 3 aliphatic heterocycles. The maximum Gasteiger partial charge on any atom is 0.323 e. The molecule has 9 nitrogen and oxygen atoms in total. The Morgan fingerprint density at radius 1 is 0.979 bits per heavy atom. The van der Waals surface area contributed by atoms with Crippen molar-refractivity contribution in [3.05, 3.63) is 0 Å². The van der Waals surface area contributed by atoms with E-state index in [9.17, 15) is 14.7 Å². The van der Waals surface area contributed by atoms with Crippen molar-refractivity contribution in [2.24, 2.45) is 45.3 Å². The number of carbonyl (C=O) groups is 2. The summed E-state index contributed by atoms with van der Waals surface area (Å²) in [6, 6.07) is -0.154. The highest BCUT2D eigenvalue weighted by Gasteiger charge is 2.80. The van der Waals surface area contributed by atoms with Crippen LogP contribution in [0.4, 0.5) is 0 Å². The highest BCUT2D eigenvalue weighted by molar-refractivity contribution is 5.77. The summed E-state index contributed by atoms with van der Waals surface area (Å²) in [5, 5.41) is 10.9. The van der Waals surface area contributed by atoms with Gasteiger partial charge in [0.1, 0.15) is 6.04 Å². The number of cyclic esters (lactones) is 1. The number of esters is 2. The quantitative estimate of drug-likeness (QED) is 0.384. The molecule has 0 radical (unpaired) electrons. The van der Waals surface area contributed by atoms with Crippen molar-refractivity contribution < 1.29 is 38.4 Å². The van der Waals surface area contributed by atoms with Crippen LogP contribution >= 0.6 is 0 Å². The summed E-state index contributed by atoms with van der Waals surface area (Å²) < 4.78 is 30.8. The van der Waals surface area contributed by atoms with Gasteiger partial charge in [0, 0.05) is 19.9 Å². The Hall–Kier alpha value is -1.26. The van der Waals surface area contributed by atoms with E-state index in [0.717, 1.165) is 44.6 Å². The van der Waals surface area contributed by atoms with Gasteiger partial charge >= 0.3 is 11.9 Å². The maximum atomic E-state index is 12.3. The second kappa shape index (κ2) is 11.1. The predicted molar refractivity (Wildman–Crippen MR) is 173 cm³/mol. The lowest BCUT2D eigenvalue weighted by Gasteiger charge is -2.60.